The van der Waals surface area contributed by atoms with Gasteiger partial charge in [-0.2, -0.15) is 0 Å². The van der Waals surface area contributed by atoms with Crippen LogP contribution < -0.4 is 0 Å². The number of aliphatic hydroxyl groups excluding tert-OH is 1. The molecule has 2 aliphatic rings. The number of aliphatic carboxylic acids is 1. The maximum Gasteiger partial charge on any atom is 0.342 e. The number of carboxylic acid groups (broad SMARTS) is 1. The molecule has 2 heterocycles. The number of hydrogen-bond acceptors (Lipinski definition) is 4. The van der Waals surface area contributed by atoms with Crippen molar-refractivity contribution in [1.82, 2.24) is 0 Å². The highest BCUT2D eigenvalue weighted by atomic mass is 28.4. The predicted molar refractivity (Wildman–Crippen MR) is 53.7 cm³/mol. The van der Waals surface area contributed by atoms with Crippen molar-refractivity contribution in [2.45, 2.75) is 50.2 Å². The molecule has 2 saturated heterocycles. The van der Waals surface area contributed by atoms with Crippen LogP contribution in [0.2, 0.25) is 11.6 Å². The third-order valence-corrected chi connectivity index (χ3v) is 7.32. The van der Waals surface area contributed by atoms with E-state index in [4.69, 9.17) is 14.0 Å². The van der Waals surface area contributed by atoms with Gasteiger partial charge in [-0.05, 0) is 18.0 Å². The molecule has 0 saturated carbocycles. The maximum atomic E-state index is 11.0. The quantitative estimate of drug-likeness (QED) is 0.677. The van der Waals surface area contributed by atoms with Gasteiger partial charge in [-0.15, -0.1) is 0 Å². The van der Waals surface area contributed by atoms with Crippen LogP contribution in [0.15, 0.2) is 0 Å². The van der Waals surface area contributed by atoms with Crippen LogP contribution in [-0.2, 0) is 13.6 Å². The van der Waals surface area contributed by atoms with E-state index in [1.54, 1.807) is 0 Å². The van der Waals surface area contributed by atoms with Gasteiger partial charge in [0, 0.05) is 0 Å². The normalized spacial score (nSPS) is 44.7. The number of aliphatic hydroxyl groups is 1. The van der Waals surface area contributed by atoms with Crippen molar-refractivity contribution in [3.63, 3.8) is 0 Å². The summed E-state index contributed by atoms with van der Waals surface area (Å²) in [7, 11) is -2.37. The number of rotatable bonds is 2. The molecule has 2 aliphatic heterocycles. The van der Waals surface area contributed by atoms with Crippen LogP contribution in [0.3, 0.4) is 0 Å². The summed E-state index contributed by atoms with van der Waals surface area (Å²) < 4.78 is 11.3. The highest BCUT2D eigenvalue weighted by Gasteiger charge is 2.60. The fraction of sp³-hybridized carbons (Fsp3) is 0.889. The lowest BCUT2D eigenvalue weighted by atomic mass is 10.1. The fourth-order valence-electron chi connectivity index (χ4n) is 2.27. The third kappa shape index (κ3) is 1.61. The van der Waals surface area contributed by atoms with Gasteiger partial charge in [0.2, 0.25) is 0 Å². The molecule has 6 heteroatoms. The minimum atomic E-state index is -2.37. The Hall–Kier alpha value is -0.433. The molecule has 2 fully saturated rings. The first-order chi connectivity index (χ1) is 6.96. The molecule has 15 heavy (non-hydrogen) atoms. The predicted octanol–water partition coefficient (Wildman–Crippen LogP) is 0.472. The molecule has 0 aromatic rings. The molecule has 0 aliphatic carbocycles. The van der Waals surface area contributed by atoms with Crippen molar-refractivity contribution in [1.29, 1.82) is 0 Å². The molecular formula is C9H16O5Si. The largest absolute Gasteiger partial charge is 0.479 e. The molecule has 4 unspecified atom stereocenters. The number of fused-ring (bicyclic) bond motifs is 2. The Morgan fingerprint density at radius 1 is 1.47 bits per heavy atom. The lowest BCUT2D eigenvalue weighted by Crippen LogP contribution is -2.47. The van der Waals surface area contributed by atoms with Crippen molar-refractivity contribution in [3.05, 3.63) is 0 Å². The molecule has 0 aromatic heterocycles. The van der Waals surface area contributed by atoms with E-state index in [1.807, 2.05) is 13.8 Å². The topological polar surface area (TPSA) is 76.0 Å². The lowest BCUT2D eigenvalue weighted by molar-refractivity contribution is -0.148. The summed E-state index contributed by atoms with van der Waals surface area (Å²) in [6.45, 7) is 3.98. The number of carbonyl (C=O) groups is 1. The van der Waals surface area contributed by atoms with Crippen molar-refractivity contribution in [2.24, 2.45) is 0 Å². The summed E-state index contributed by atoms with van der Waals surface area (Å²) >= 11 is 0. The minimum absolute atomic E-state index is 0.219. The smallest absolute Gasteiger partial charge is 0.342 e. The van der Waals surface area contributed by atoms with Gasteiger partial charge in [-0.1, -0.05) is 13.8 Å². The van der Waals surface area contributed by atoms with Gasteiger partial charge in [0.1, 0.15) is 6.10 Å². The molecule has 2 N–H and O–H groups in total. The summed E-state index contributed by atoms with van der Waals surface area (Å²) in [4.78, 5) is 11.0. The fourth-order valence-corrected chi connectivity index (χ4v) is 5.78. The van der Waals surface area contributed by atoms with Gasteiger partial charge in [-0.25, -0.2) is 4.79 Å². The highest BCUT2D eigenvalue weighted by Crippen LogP contribution is 2.43. The summed E-state index contributed by atoms with van der Waals surface area (Å²) in [6.07, 6.45) is -1.74. The Balaban J connectivity index is 2.25. The summed E-state index contributed by atoms with van der Waals surface area (Å²) in [6, 6.07) is 0.687. The highest BCUT2D eigenvalue weighted by molar-refractivity contribution is 6.69. The first kappa shape index (κ1) is 11.1. The molecule has 86 valence electrons. The Morgan fingerprint density at radius 2 is 2.13 bits per heavy atom. The zero-order chi connectivity index (χ0) is 11.2. The van der Waals surface area contributed by atoms with E-state index >= 15 is 0 Å². The van der Waals surface area contributed by atoms with Crippen LogP contribution >= 0.6 is 0 Å². The summed E-state index contributed by atoms with van der Waals surface area (Å²) in [5, 5.41) is 18.6. The Morgan fingerprint density at radius 3 is 2.67 bits per heavy atom. The van der Waals surface area contributed by atoms with Crippen LogP contribution in [0.1, 0.15) is 20.3 Å². The standard InChI is InChI=1S/C9H16O5Si/c1-5(2)15-4-3-6(10)7(13-15)8(14-15)9(11)12/h5-8,10H,3-4H2,1-2H3,(H,11,12). The molecular weight excluding hydrogens is 216 g/mol. The van der Waals surface area contributed by atoms with Gasteiger partial charge in [0.15, 0.2) is 6.10 Å². The lowest BCUT2D eigenvalue weighted by Gasteiger charge is -2.33. The molecule has 2 rings (SSSR count). The van der Waals surface area contributed by atoms with Crippen molar-refractivity contribution in [3.8, 4) is 0 Å². The van der Waals surface area contributed by atoms with E-state index in [9.17, 15) is 9.90 Å². The van der Waals surface area contributed by atoms with Crippen LogP contribution in [0.4, 0.5) is 0 Å². The monoisotopic (exact) mass is 232 g/mol. The second kappa shape index (κ2) is 3.55. The van der Waals surface area contributed by atoms with Gasteiger partial charge in [0.25, 0.3) is 0 Å². The summed E-state index contributed by atoms with van der Waals surface area (Å²) in [5.41, 5.74) is 0.219. The van der Waals surface area contributed by atoms with E-state index in [2.05, 4.69) is 0 Å². The van der Waals surface area contributed by atoms with Gasteiger partial charge < -0.3 is 19.1 Å². The van der Waals surface area contributed by atoms with Gasteiger partial charge in [-0.3, -0.25) is 0 Å². The van der Waals surface area contributed by atoms with Crippen LogP contribution in [0.5, 0.6) is 0 Å². The first-order valence-corrected chi connectivity index (χ1v) is 7.33. The average Bonchev–Trinajstić information content (AvgIpc) is 2.49. The Bertz CT molecular complexity index is 282. The molecule has 4 atom stereocenters. The van der Waals surface area contributed by atoms with Gasteiger partial charge in [0.05, 0.1) is 6.10 Å². The van der Waals surface area contributed by atoms with Gasteiger partial charge >= 0.3 is 14.5 Å². The van der Waals surface area contributed by atoms with Crippen molar-refractivity contribution < 1.29 is 23.9 Å². The number of carboxylic acids is 1. The van der Waals surface area contributed by atoms with Crippen molar-refractivity contribution >= 4 is 14.5 Å². The second-order valence-corrected chi connectivity index (χ2v) is 8.28. The van der Waals surface area contributed by atoms with E-state index in [1.165, 1.54) is 0 Å². The van der Waals surface area contributed by atoms with E-state index < -0.39 is 32.8 Å². The zero-order valence-corrected chi connectivity index (χ0v) is 9.84. The number of hydrogen-bond donors (Lipinski definition) is 2. The van der Waals surface area contributed by atoms with Crippen LogP contribution in [0.25, 0.3) is 0 Å². The second-order valence-electron chi connectivity index (χ2n) is 4.53. The SMILES string of the molecule is CC(C)[Si]12CCC(O)C(O1)C(C(=O)O)O2. The van der Waals surface area contributed by atoms with E-state index in [0.717, 1.165) is 0 Å². The maximum absolute atomic E-state index is 11.0. The molecule has 5 nitrogen and oxygen atoms in total. The first-order valence-electron chi connectivity index (χ1n) is 5.23. The summed E-state index contributed by atoms with van der Waals surface area (Å²) in [5.74, 6) is -1.03. The molecule has 0 spiro atoms. The Kier molecular flexibility index (Phi) is 2.62. The minimum Gasteiger partial charge on any atom is -0.479 e. The third-order valence-electron chi connectivity index (χ3n) is 3.25. The average molecular weight is 232 g/mol. The molecule has 0 aromatic carbocycles. The molecule has 0 amide bonds. The van der Waals surface area contributed by atoms with Crippen molar-refractivity contribution in [2.75, 3.05) is 0 Å². The van der Waals surface area contributed by atoms with E-state index in [0.29, 0.717) is 12.5 Å². The molecule has 0 radical (unpaired) electrons. The van der Waals surface area contributed by atoms with E-state index in [-0.39, 0.29) is 5.54 Å². The zero-order valence-electron chi connectivity index (χ0n) is 8.84. The van der Waals surface area contributed by atoms with Crippen LogP contribution in [0, 0.1) is 0 Å². The van der Waals surface area contributed by atoms with Crippen LogP contribution in [-0.4, -0.2) is 43.1 Å². The Labute approximate surface area is 89.3 Å². The molecule has 2 bridgehead atoms.